The highest BCUT2D eigenvalue weighted by Gasteiger charge is 2.13. The first kappa shape index (κ1) is 11.4. The van der Waals surface area contributed by atoms with Crippen LogP contribution >= 0.6 is 21.8 Å². The molecule has 0 spiro atoms. The molecule has 0 unspecified atom stereocenters. The summed E-state index contributed by atoms with van der Waals surface area (Å²) in [7, 11) is 3.24. The summed E-state index contributed by atoms with van der Waals surface area (Å²) in [5.74, 6) is 0. The number of benzene rings is 1. The van der Waals surface area contributed by atoms with Gasteiger partial charge in [-0.15, -0.1) is 0 Å². The number of para-hydroxylation sites is 2. The zero-order valence-electron chi connectivity index (χ0n) is 9.17. The van der Waals surface area contributed by atoms with Gasteiger partial charge in [0.05, 0.1) is 13.2 Å². The van der Waals surface area contributed by atoms with Gasteiger partial charge in [-0.3, -0.25) is 0 Å². The van der Waals surface area contributed by atoms with E-state index in [1.165, 1.54) is 0 Å². The van der Waals surface area contributed by atoms with Gasteiger partial charge in [-0.05, 0) is 12.1 Å². The average molecular weight is 268 g/mol. The SMILES string of the molecule is c1ccc2oc(SSN3CCOCC3)nc2c1. The van der Waals surface area contributed by atoms with Crippen LogP contribution in [0, 0.1) is 0 Å². The normalized spacial score (nSPS) is 17.6. The molecule has 0 saturated carbocycles. The fraction of sp³-hybridized carbons (Fsp3) is 0.364. The van der Waals surface area contributed by atoms with E-state index in [0.29, 0.717) is 5.22 Å². The Hall–Kier alpha value is -0.690. The minimum Gasteiger partial charge on any atom is -0.431 e. The second kappa shape index (κ2) is 5.30. The van der Waals surface area contributed by atoms with Crippen molar-refractivity contribution in [2.75, 3.05) is 26.3 Å². The third-order valence-corrected chi connectivity index (χ3v) is 4.71. The summed E-state index contributed by atoms with van der Waals surface area (Å²) in [6, 6.07) is 7.82. The van der Waals surface area contributed by atoms with Crippen molar-refractivity contribution < 1.29 is 9.15 Å². The Bertz CT molecular complexity index is 464. The lowest BCUT2D eigenvalue weighted by Crippen LogP contribution is -2.30. The molecule has 1 aliphatic heterocycles. The molecule has 1 aromatic heterocycles. The molecule has 1 saturated heterocycles. The Morgan fingerprint density at radius 2 is 2.00 bits per heavy atom. The molecule has 17 heavy (non-hydrogen) atoms. The molecule has 3 rings (SSSR count). The van der Waals surface area contributed by atoms with Gasteiger partial charge in [-0.25, -0.2) is 9.29 Å². The van der Waals surface area contributed by atoms with Crippen LogP contribution in [-0.2, 0) is 4.74 Å². The van der Waals surface area contributed by atoms with Gasteiger partial charge in [-0.1, -0.05) is 12.1 Å². The molecule has 0 N–H and O–H groups in total. The zero-order valence-corrected chi connectivity index (χ0v) is 10.8. The van der Waals surface area contributed by atoms with Crippen LogP contribution in [0.5, 0.6) is 0 Å². The first-order valence-corrected chi connectivity index (χ1v) is 7.55. The summed E-state index contributed by atoms with van der Waals surface area (Å²) >= 11 is 0. The van der Waals surface area contributed by atoms with Crippen LogP contribution < -0.4 is 0 Å². The fourth-order valence-electron chi connectivity index (χ4n) is 1.59. The Balaban J connectivity index is 1.64. The Morgan fingerprint density at radius 3 is 2.82 bits per heavy atom. The summed E-state index contributed by atoms with van der Waals surface area (Å²) < 4.78 is 13.2. The smallest absolute Gasteiger partial charge is 0.268 e. The molecule has 90 valence electrons. The lowest BCUT2D eigenvalue weighted by molar-refractivity contribution is 0.0779. The Morgan fingerprint density at radius 1 is 1.18 bits per heavy atom. The van der Waals surface area contributed by atoms with Crippen LogP contribution in [0.4, 0.5) is 0 Å². The molecule has 2 heterocycles. The highest BCUT2D eigenvalue weighted by molar-refractivity contribution is 8.75. The molecule has 4 nitrogen and oxygen atoms in total. The molecule has 2 aromatic rings. The van der Waals surface area contributed by atoms with Gasteiger partial charge in [0.2, 0.25) is 0 Å². The number of hydrogen-bond acceptors (Lipinski definition) is 6. The minimum absolute atomic E-state index is 0.711. The predicted molar refractivity (Wildman–Crippen MR) is 69.8 cm³/mol. The first-order chi connectivity index (χ1) is 8.42. The first-order valence-electron chi connectivity index (χ1n) is 5.45. The van der Waals surface area contributed by atoms with Crippen molar-refractivity contribution in [2.24, 2.45) is 0 Å². The summed E-state index contributed by atoms with van der Waals surface area (Å²) in [5, 5.41) is 0.711. The van der Waals surface area contributed by atoms with E-state index >= 15 is 0 Å². The molecule has 0 atom stereocenters. The second-order valence-electron chi connectivity index (χ2n) is 3.65. The van der Waals surface area contributed by atoms with E-state index in [4.69, 9.17) is 9.15 Å². The number of fused-ring (bicyclic) bond motifs is 1. The molecule has 1 aromatic carbocycles. The number of hydrogen-bond donors (Lipinski definition) is 0. The van der Waals surface area contributed by atoms with Crippen molar-refractivity contribution >= 4 is 32.9 Å². The van der Waals surface area contributed by atoms with Crippen molar-refractivity contribution in [1.29, 1.82) is 0 Å². The Kier molecular flexibility index (Phi) is 3.56. The van der Waals surface area contributed by atoms with E-state index in [9.17, 15) is 0 Å². The third kappa shape index (κ3) is 2.77. The van der Waals surface area contributed by atoms with E-state index in [1.54, 1.807) is 21.8 Å². The summed E-state index contributed by atoms with van der Waals surface area (Å²) in [5.41, 5.74) is 1.76. The summed E-state index contributed by atoms with van der Waals surface area (Å²) in [6.45, 7) is 3.53. The van der Waals surface area contributed by atoms with Crippen molar-refractivity contribution in [1.82, 2.24) is 9.29 Å². The van der Waals surface area contributed by atoms with Gasteiger partial charge >= 0.3 is 0 Å². The van der Waals surface area contributed by atoms with E-state index < -0.39 is 0 Å². The van der Waals surface area contributed by atoms with Gasteiger partial charge in [0.15, 0.2) is 5.58 Å². The standard InChI is InChI=1S/C11H12N2O2S2/c1-2-4-10-9(3-1)12-11(15-10)16-17-13-5-7-14-8-6-13/h1-4H,5-8H2. The van der Waals surface area contributed by atoms with E-state index in [0.717, 1.165) is 37.4 Å². The fourth-order valence-corrected chi connectivity index (χ4v) is 3.49. The topological polar surface area (TPSA) is 38.5 Å². The maximum Gasteiger partial charge on any atom is 0.268 e. The van der Waals surface area contributed by atoms with Crippen molar-refractivity contribution in [3.8, 4) is 0 Å². The van der Waals surface area contributed by atoms with Crippen LogP contribution in [0.15, 0.2) is 33.9 Å². The highest BCUT2D eigenvalue weighted by atomic mass is 33.1. The van der Waals surface area contributed by atoms with Crippen molar-refractivity contribution in [2.45, 2.75) is 5.22 Å². The van der Waals surface area contributed by atoms with E-state index in [2.05, 4.69) is 9.29 Å². The van der Waals surface area contributed by atoms with Crippen LogP contribution in [0.3, 0.4) is 0 Å². The van der Waals surface area contributed by atoms with Crippen molar-refractivity contribution in [3.05, 3.63) is 24.3 Å². The molecular weight excluding hydrogens is 256 g/mol. The van der Waals surface area contributed by atoms with Gasteiger partial charge in [0, 0.05) is 34.9 Å². The van der Waals surface area contributed by atoms with Crippen molar-refractivity contribution in [3.63, 3.8) is 0 Å². The molecule has 0 amide bonds. The predicted octanol–water partition coefficient (Wildman–Crippen LogP) is 2.82. The molecule has 1 aliphatic rings. The average Bonchev–Trinajstić information content (AvgIpc) is 2.80. The van der Waals surface area contributed by atoms with E-state index in [-0.39, 0.29) is 0 Å². The molecular formula is C11H12N2O2S2. The van der Waals surface area contributed by atoms with Gasteiger partial charge in [0.25, 0.3) is 5.22 Å². The molecule has 6 heteroatoms. The summed E-state index contributed by atoms with van der Waals surface area (Å²) in [4.78, 5) is 4.41. The Labute approximate surface area is 107 Å². The van der Waals surface area contributed by atoms with Crippen LogP contribution in [0.1, 0.15) is 0 Å². The number of oxazole rings is 1. The number of morpholine rings is 1. The number of ether oxygens (including phenoxy) is 1. The number of rotatable bonds is 3. The minimum atomic E-state index is 0.711. The number of aromatic nitrogens is 1. The second-order valence-corrected chi connectivity index (χ2v) is 5.78. The van der Waals surface area contributed by atoms with Gasteiger partial charge < -0.3 is 9.15 Å². The maximum atomic E-state index is 5.63. The lowest BCUT2D eigenvalue weighted by Gasteiger charge is -2.23. The molecule has 0 aliphatic carbocycles. The zero-order chi connectivity index (χ0) is 11.5. The van der Waals surface area contributed by atoms with Gasteiger partial charge in [-0.2, -0.15) is 0 Å². The third-order valence-electron chi connectivity index (χ3n) is 2.46. The molecule has 1 fully saturated rings. The highest BCUT2D eigenvalue weighted by Crippen LogP contribution is 2.35. The molecule has 0 radical (unpaired) electrons. The van der Waals surface area contributed by atoms with Crippen LogP contribution in [0.25, 0.3) is 11.1 Å². The van der Waals surface area contributed by atoms with Crippen LogP contribution in [0.2, 0.25) is 0 Å². The largest absolute Gasteiger partial charge is 0.431 e. The van der Waals surface area contributed by atoms with E-state index in [1.807, 2.05) is 24.3 Å². The van der Waals surface area contributed by atoms with Crippen LogP contribution in [-0.4, -0.2) is 35.6 Å². The summed E-state index contributed by atoms with van der Waals surface area (Å²) in [6.07, 6.45) is 0. The monoisotopic (exact) mass is 268 g/mol. The number of nitrogens with zero attached hydrogens (tertiary/aromatic N) is 2. The lowest BCUT2D eigenvalue weighted by atomic mass is 10.3. The van der Waals surface area contributed by atoms with Gasteiger partial charge in [0.1, 0.15) is 5.52 Å². The molecule has 0 bridgehead atoms. The maximum absolute atomic E-state index is 5.63. The quantitative estimate of drug-likeness (QED) is 0.629.